The molecule has 1 fully saturated rings. The van der Waals surface area contributed by atoms with Crippen molar-refractivity contribution in [2.24, 2.45) is 5.41 Å². The number of hydrogen-bond acceptors (Lipinski definition) is 5. The van der Waals surface area contributed by atoms with Crippen LogP contribution in [0, 0.1) is 5.41 Å². The first kappa shape index (κ1) is 24.1. The Morgan fingerprint density at radius 1 is 1.06 bits per heavy atom. The van der Waals surface area contributed by atoms with Gasteiger partial charge in [0.25, 0.3) is 0 Å². The van der Waals surface area contributed by atoms with E-state index in [0.717, 1.165) is 22.3 Å². The molecule has 180 valence electrons. The molecule has 2 amide bonds. The molecule has 1 saturated heterocycles. The van der Waals surface area contributed by atoms with Gasteiger partial charge in [-0.25, -0.2) is 9.59 Å². The molecule has 0 saturated carbocycles. The number of nitrogens with zero attached hydrogens (tertiary/aromatic N) is 1. The van der Waals surface area contributed by atoms with Crippen molar-refractivity contribution in [2.75, 3.05) is 24.8 Å². The summed E-state index contributed by atoms with van der Waals surface area (Å²) in [5.41, 5.74) is 3.71. The van der Waals surface area contributed by atoms with E-state index in [4.69, 9.17) is 4.74 Å². The van der Waals surface area contributed by atoms with Crippen LogP contribution in [0.2, 0.25) is 0 Å². The van der Waals surface area contributed by atoms with Gasteiger partial charge in [-0.1, -0.05) is 62.4 Å². The monoisotopic (exact) mass is 482 g/mol. The fourth-order valence-corrected chi connectivity index (χ4v) is 6.07. The van der Waals surface area contributed by atoms with Crippen LogP contribution in [0.1, 0.15) is 43.7 Å². The third-order valence-electron chi connectivity index (χ3n) is 7.15. The number of amides is 2. The predicted molar refractivity (Wildman–Crippen MR) is 132 cm³/mol. The Bertz CT molecular complexity index is 1040. The van der Waals surface area contributed by atoms with Crippen LogP contribution in [0.5, 0.6) is 0 Å². The number of rotatable bonds is 8. The first-order valence-corrected chi connectivity index (χ1v) is 12.8. The summed E-state index contributed by atoms with van der Waals surface area (Å²) < 4.78 is 5.62. The average Bonchev–Trinajstić information content (AvgIpc) is 3.47. The van der Waals surface area contributed by atoms with Gasteiger partial charge in [-0.3, -0.25) is 4.79 Å². The van der Waals surface area contributed by atoms with E-state index in [2.05, 4.69) is 29.6 Å². The summed E-state index contributed by atoms with van der Waals surface area (Å²) in [5.74, 6) is -0.537. The first-order chi connectivity index (χ1) is 16.4. The van der Waals surface area contributed by atoms with Gasteiger partial charge in [0.15, 0.2) is 0 Å². The molecule has 8 heteroatoms. The smallest absolute Gasteiger partial charge is 0.407 e. The van der Waals surface area contributed by atoms with Gasteiger partial charge < -0.3 is 20.1 Å². The standard InChI is InChI=1S/C26H30N2O5S/c1-3-26(4-2,24(31)28-16-34-14-22(28)23(29)30)15-27-25(32)33-13-21-19-11-7-5-9-17(19)18-10-6-8-12-20(18)21/h5-12,21-22H,3-4,13-16H2,1-2H3,(H,27,32)(H,29,30). The molecular formula is C26H30N2O5S. The summed E-state index contributed by atoms with van der Waals surface area (Å²) >= 11 is 1.43. The lowest BCUT2D eigenvalue weighted by Crippen LogP contribution is -2.53. The molecule has 2 aromatic carbocycles. The molecule has 7 nitrogen and oxygen atoms in total. The zero-order chi connectivity index (χ0) is 24.3. The Kier molecular flexibility index (Phi) is 7.16. The van der Waals surface area contributed by atoms with Crippen molar-refractivity contribution in [1.29, 1.82) is 0 Å². The van der Waals surface area contributed by atoms with Crippen LogP contribution < -0.4 is 5.32 Å². The number of carbonyl (C=O) groups is 3. The maximum Gasteiger partial charge on any atom is 0.407 e. The molecule has 2 aliphatic rings. The number of carboxylic acids is 1. The van der Waals surface area contributed by atoms with Crippen LogP contribution in [0.4, 0.5) is 4.79 Å². The molecule has 0 spiro atoms. The summed E-state index contributed by atoms with van der Waals surface area (Å²) in [6, 6.07) is 15.4. The molecule has 1 aliphatic heterocycles. The van der Waals surface area contributed by atoms with Gasteiger partial charge in [0, 0.05) is 18.2 Å². The van der Waals surface area contributed by atoms with E-state index in [1.54, 1.807) is 0 Å². The molecule has 1 aliphatic carbocycles. The second-order valence-electron chi connectivity index (χ2n) is 8.80. The largest absolute Gasteiger partial charge is 0.480 e. The Labute approximate surface area is 203 Å². The van der Waals surface area contributed by atoms with E-state index >= 15 is 0 Å². The SMILES string of the molecule is CCC(CC)(CNC(=O)OCC1c2ccccc2-c2ccccc21)C(=O)N1CSCC1C(=O)O. The van der Waals surface area contributed by atoms with Crippen LogP contribution in [0.15, 0.2) is 48.5 Å². The molecular weight excluding hydrogens is 452 g/mol. The molecule has 0 bridgehead atoms. The third-order valence-corrected chi connectivity index (χ3v) is 8.16. The molecule has 0 radical (unpaired) electrons. The second-order valence-corrected chi connectivity index (χ2v) is 9.80. The van der Waals surface area contributed by atoms with Crippen molar-refractivity contribution >= 4 is 29.7 Å². The van der Waals surface area contributed by atoms with Crippen molar-refractivity contribution < 1.29 is 24.2 Å². The van der Waals surface area contributed by atoms with Crippen molar-refractivity contribution in [1.82, 2.24) is 10.2 Å². The van der Waals surface area contributed by atoms with E-state index in [1.807, 2.05) is 38.1 Å². The number of alkyl carbamates (subject to hydrolysis) is 1. The van der Waals surface area contributed by atoms with Gasteiger partial charge in [0.2, 0.25) is 5.91 Å². The van der Waals surface area contributed by atoms with Gasteiger partial charge >= 0.3 is 12.1 Å². The minimum Gasteiger partial charge on any atom is -0.480 e. The zero-order valence-corrected chi connectivity index (χ0v) is 20.3. The third kappa shape index (κ3) is 4.39. The number of ether oxygens (including phenoxy) is 1. The van der Waals surface area contributed by atoms with Gasteiger partial charge in [0.1, 0.15) is 12.6 Å². The predicted octanol–water partition coefficient (Wildman–Crippen LogP) is 4.32. The molecule has 0 aromatic heterocycles. The highest BCUT2D eigenvalue weighted by molar-refractivity contribution is 7.99. The molecule has 34 heavy (non-hydrogen) atoms. The van der Waals surface area contributed by atoms with Crippen molar-refractivity contribution in [3.63, 3.8) is 0 Å². The van der Waals surface area contributed by atoms with E-state index in [0.29, 0.717) is 24.5 Å². The summed E-state index contributed by atoms with van der Waals surface area (Å²) in [7, 11) is 0. The molecule has 4 rings (SSSR count). The van der Waals surface area contributed by atoms with Gasteiger partial charge in [-0.2, -0.15) is 0 Å². The van der Waals surface area contributed by atoms with Gasteiger partial charge in [-0.05, 0) is 35.1 Å². The van der Waals surface area contributed by atoms with Gasteiger partial charge in [0.05, 0.1) is 11.3 Å². The van der Waals surface area contributed by atoms with E-state index < -0.39 is 23.5 Å². The molecule has 2 aromatic rings. The minimum atomic E-state index is -0.996. The van der Waals surface area contributed by atoms with Crippen LogP contribution >= 0.6 is 11.8 Å². The Morgan fingerprint density at radius 2 is 1.65 bits per heavy atom. The molecule has 1 unspecified atom stereocenters. The van der Waals surface area contributed by atoms with Crippen molar-refractivity contribution in [3.05, 3.63) is 59.7 Å². The summed E-state index contributed by atoms with van der Waals surface area (Å²) in [4.78, 5) is 39.0. The number of carboxylic acid groups (broad SMARTS) is 1. The molecule has 2 N–H and O–H groups in total. The Balaban J connectivity index is 1.41. The maximum atomic E-state index is 13.4. The molecule has 1 heterocycles. The minimum absolute atomic E-state index is 0.0418. The number of aliphatic carboxylic acids is 1. The highest BCUT2D eigenvalue weighted by Crippen LogP contribution is 2.44. The number of carbonyl (C=O) groups excluding carboxylic acids is 2. The number of nitrogens with one attached hydrogen (secondary N) is 1. The summed E-state index contributed by atoms with van der Waals surface area (Å²) in [5, 5.41) is 12.3. The first-order valence-electron chi connectivity index (χ1n) is 11.6. The van der Waals surface area contributed by atoms with Crippen molar-refractivity contribution in [3.8, 4) is 11.1 Å². The number of thioether (sulfide) groups is 1. The average molecular weight is 483 g/mol. The lowest BCUT2D eigenvalue weighted by Gasteiger charge is -2.35. The highest BCUT2D eigenvalue weighted by Gasteiger charge is 2.44. The fourth-order valence-electron chi connectivity index (χ4n) is 4.92. The Morgan fingerprint density at radius 3 is 2.21 bits per heavy atom. The quantitative estimate of drug-likeness (QED) is 0.582. The topological polar surface area (TPSA) is 95.9 Å². The normalized spacial score (nSPS) is 17.2. The summed E-state index contributed by atoms with van der Waals surface area (Å²) in [6.07, 6.45) is 0.394. The lowest BCUT2D eigenvalue weighted by molar-refractivity contribution is -0.153. The fraction of sp³-hybridized carbons (Fsp3) is 0.423. The highest BCUT2D eigenvalue weighted by atomic mass is 32.2. The van der Waals surface area contributed by atoms with Crippen molar-refractivity contribution in [2.45, 2.75) is 38.6 Å². The second kappa shape index (κ2) is 10.1. The van der Waals surface area contributed by atoms with E-state index in [9.17, 15) is 19.5 Å². The van der Waals surface area contributed by atoms with E-state index in [1.165, 1.54) is 16.7 Å². The summed E-state index contributed by atoms with van der Waals surface area (Å²) in [6.45, 7) is 4.07. The number of benzene rings is 2. The van der Waals surface area contributed by atoms with Crippen LogP contribution in [0.3, 0.4) is 0 Å². The molecule has 1 atom stereocenters. The van der Waals surface area contributed by atoms with Gasteiger partial charge in [-0.15, -0.1) is 11.8 Å². The zero-order valence-electron chi connectivity index (χ0n) is 19.5. The maximum absolute atomic E-state index is 13.4. The van der Waals surface area contributed by atoms with Crippen LogP contribution in [0.25, 0.3) is 11.1 Å². The lowest BCUT2D eigenvalue weighted by atomic mass is 9.80. The van der Waals surface area contributed by atoms with Crippen LogP contribution in [-0.4, -0.2) is 58.8 Å². The number of hydrogen-bond donors (Lipinski definition) is 2. The van der Waals surface area contributed by atoms with E-state index in [-0.39, 0.29) is 25.0 Å². The Hall–Kier alpha value is -3.00. The number of fused-ring (bicyclic) bond motifs is 3. The van der Waals surface area contributed by atoms with Crippen LogP contribution in [-0.2, 0) is 14.3 Å².